The van der Waals surface area contributed by atoms with Crippen LogP contribution in [0, 0.1) is 5.92 Å². The number of benzene rings is 1. The predicted molar refractivity (Wildman–Crippen MR) is 86.8 cm³/mol. The van der Waals surface area contributed by atoms with Gasteiger partial charge in [0.1, 0.15) is 5.78 Å². The Morgan fingerprint density at radius 2 is 2.00 bits per heavy atom. The first-order chi connectivity index (χ1) is 10.7. The van der Waals surface area contributed by atoms with Crippen molar-refractivity contribution < 1.29 is 14.7 Å². The van der Waals surface area contributed by atoms with Crippen molar-refractivity contribution in [3.05, 3.63) is 48.0 Å². The average Bonchev–Trinajstić information content (AvgIpc) is 2.52. The van der Waals surface area contributed by atoms with Crippen molar-refractivity contribution in [2.75, 3.05) is 0 Å². The molecule has 118 valence electrons. The fourth-order valence-electron chi connectivity index (χ4n) is 3.19. The molecule has 2 atom stereocenters. The van der Waals surface area contributed by atoms with Crippen LogP contribution in [0.15, 0.2) is 42.5 Å². The zero-order valence-electron chi connectivity index (χ0n) is 12.9. The molecule has 0 aliphatic heterocycles. The van der Waals surface area contributed by atoms with Crippen molar-refractivity contribution >= 4 is 11.8 Å². The number of hydrogen-bond acceptors (Lipinski definition) is 2. The molecule has 1 saturated carbocycles. The van der Waals surface area contributed by atoms with E-state index in [1.165, 1.54) is 5.56 Å². The third kappa shape index (κ3) is 5.14. The molecule has 1 fully saturated rings. The third-order valence-electron chi connectivity index (χ3n) is 4.41. The molecule has 1 N–H and O–H groups in total. The molecule has 2 rings (SSSR count). The maximum absolute atomic E-state index is 11.8. The number of Topliss-reactive ketones (excluding diaryl/α,β-unsaturated/α-hetero) is 1. The molecule has 22 heavy (non-hydrogen) atoms. The number of allylic oxidation sites excluding steroid dienone is 2. The van der Waals surface area contributed by atoms with Crippen LogP contribution in [0.3, 0.4) is 0 Å². The summed E-state index contributed by atoms with van der Waals surface area (Å²) in [6.45, 7) is 0. The lowest BCUT2D eigenvalue weighted by molar-refractivity contribution is -0.137. The Hall–Kier alpha value is -1.90. The minimum atomic E-state index is -0.733. The summed E-state index contributed by atoms with van der Waals surface area (Å²) in [4.78, 5) is 22.3. The van der Waals surface area contributed by atoms with Crippen LogP contribution in [-0.4, -0.2) is 16.9 Å². The summed E-state index contributed by atoms with van der Waals surface area (Å²) in [5, 5.41) is 8.60. The van der Waals surface area contributed by atoms with E-state index in [0.29, 0.717) is 36.9 Å². The molecule has 3 heteroatoms. The lowest BCUT2D eigenvalue weighted by Crippen LogP contribution is -2.23. The van der Waals surface area contributed by atoms with Gasteiger partial charge in [-0.1, -0.05) is 42.5 Å². The highest BCUT2D eigenvalue weighted by Gasteiger charge is 2.29. The number of aliphatic carboxylic acids is 1. The van der Waals surface area contributed by atoms with E-state index in [9.17, 15) is 9.59 Å². The fraction of sp³-hybridized carbons (Fsp3) is 0.474. The minimum Gasteiger partial charge on any atom is -0.481 e. The molecule has 0 bridgehead atoms. The first-order valence-electron chi connectivity index (χ1n) is 8.10. The van der Waals surface area contributed by atoms with E-state index in [1.807, 2.05) is 18.2 Å². The van der Waals surface area contributed by atoms with Crippen LogP contribution in [0.25, 0.3) is 0 Å². The molecule has 1 aliphatic rings. The van der Waals surface area contributed by atoms with Crippen molar-refractivity contribution in [1.82, 2.24) is 0 Å². The molecule has 0 unspecified atom stereocenters. The fourth-order valence-corrected chi connectivity index (χ4v) is 3.19. The lowest BCUT2D eigenvalue weighted by atomic mass is 9.73. The summed E-state index contributed by atoms with van der Waals surface area (Å²) in [5.41, 5.74) is 1.26. The Balaban J connectivity index is 1.88. The highest BCUT2D eigenvalue weighted by molar-refractivity contribution is 5.80. The standard InChI is InChI=1S/C19H24O3/c20-17-13-12-16(10-4-1-2-7-11-19(21)22)18(14-17)15-8-5-3-6-9-15/h1,3-6,8-9,16,18H,2,7,10-14H2,(H,21,22)/t16-,18+/m1/s1. The molecule has 1 aromatic rings. The number of carboxylic acid groups (broad SMARTS) is 1. The Kier molecular flexibility index (Phi) is 6.38. The first kappa shape index (κ1) is 16.5. The van der Waals surface area contributed by atoms with E-state index >= 15 is 0 Å². The van der Waals surface area contributed by atoms with Gasteiger partial charge in [0, 0.05) is 19.3 Å². The number of ketones is 1. The molecule has 1 aliphatic carbocycles. The third-order valence-corrected chi connectivity index (χ3v) is 4.41. The summed E-state index contributed by atoms with van der Waals surface area (Å²) < 4.78 is 0. The summed E-state index contributed by atoms with van der Waals surface area (Å²) >= 11 is 0. The largest absolute Gasteiger partial charge is 0.481 e. The Morgan fingerprint density at radius 1 is 1.23 bits per heavy atom. The smallest absolute Gasteiger partial charge is 0.303 e. The van der Waals surface area contributed by atoms with Crippen molar-refractivity contribution in [1.29, 1.82) is 0 Å². The van der Waals surface area contributed by atoms with Crippen LogP contribution in [0.5, 0.6) is 0 Å². The summed E-state index contributed by atoms with van der Waals surface area (Å²) in [6, 6.07) is 10.3. The SMILES string of the molecule is O=C(O)CCCC=CC[C@@H]1CCC(=O)C[C@H]1c1ccccc1. The number of carbonyl (C=O) groups excluding carboxylic acids is 1. The molecule has 0 saturated heterocycles. The van der Waals surface area contributed by atoms with E-state index in [-0.39, 0.29) is 6.42 Å². The quantitative estimate of drug-likeness (QED) is 0.602. The van der Waals surface area contributed by atoms with E-state index < -0.39 is 5.97 Å². The van der Waals surface area contributed by atoms with Gasteiger partial charge >= 0.3 is 5.97 Å². The highest BCUT2D eigenvalue weighted by Crippen LogP contribution is 2.38. The molecule has 1 aromatic carbocycles. The van der Waals surface area contributed by atoms with E-state index in [0.717, 1.165) is 19.3 Å². The van der Waals surface area contributed by atoms with E-state index in [4.69, 9.17) is 5.11 Å². The minimum absolute atomic E-state index is 0.231. The molecule has 3 nitrogen and oxygen atoms in total. The molecule has 0 radical (unpaired) electrons. The molecule has 0 spiro atoms. The van der Waals surface area contributed by atoms with Gasteiger partial charge in [-0.15, -0.1) is 0 Å². The molecular formula is C19H24O3. The van der Waals surface area contributed by atoms with Crippen LogP contribution >= 0.6 is 0 Å². The predicted octanol–water partition coefficient (Wildman–Crippen LogP) is 4.34. The van der Waals surface area contributed by atoms with Gasteiger partial charge in [0.05, 0.1) is 0 Å². The van der Waals surface area contributed by atoms with Gasteiger partial charge in [0.2, 0.25) is 0 Å². The van der Waals surface area contributed by atoms with Crippen LogP contribution in [-0.2, 0) is 9.59 Å². The second-order valence-electron chi connectivity index (χ2n) is 6.05. The normalized spacial score (nSPS) is 22.1. The van der Waals surface area contributed by atoms with Gasteiger partial charge in [-0.05, 0) is 43.1 Å². The zero-order valence-corrected chi connectivity index (χ0v) is 12.9. The Bertz CT molecular complexity index is 519. The van der Waals surface area contributed by atoms with Gasteiger partial charge in [-0.25, -0.2) is 0 Å². The van der Waals surface area contributed by atoms with E-state index in [2.05, 4.69) is 24.3 Å². The molecule has 0 aromatic heterocycles. The van der Waals surface area contributed by atoms with Crippen LogP contribution < -0.4 is 0 Å². The Morgan fingerprint density at radius 3 is 2.73 bits per heavy atom. The van der Waals surface area contributed by atoms with Crippen LogP contribution in [0.1, 0.15) is 56.4 Å². The van der Waals surface area contributed by atoms with Gasteiger partial charge in [0.25, 0.3) is 0 Å². The topological polar surface area (TPSA) is 54.4 Å². The molecule has 0 heterocycles. The van der Waals surface area contributed by atoms with Crippen molar-refractivity contribution in [2.45, 2.75) is 50.9 Å². The Labute approximate surface area is 132 Å². The van der Waals surface area contributed by atoms with Gasteiger partial charge < -0.3 is 5.11 Å². The van der Waals surface area contributed by atoms with Gasteiger partial charge in [0.15, 0.2) is 0 Å². The number of unbranched alkanes of at least 4 members (excludes halogenated alkanes) is 1. The molecular weight excluding hydrogens is 276 g/mol. The number of carbonyl (C=O) groups is 2. The second kappa shape index (κ2) is 8.52. The van der Waals surface area contributed by atoms with E-state index in [1.54, 1.807) is 0 Å². The van der Waals surface area contributed by atoms with Crippen LogP contribution in [0.4, 0.5) is 0 Å². The number of hydrogen-bond donors (Lipinski definition) is 1. The maximum atomic E-state index is 11.8. The van der Waals surface area contributed by atoms with Gasteiger partial charge in [-0.3, -0.25) is 9.59 Å². The molecule has 0 amide bonds. The lowest BCUT2D eigenvalue weighted by Gasteiger charge is -2.30. The van der Waals surface area contributed by atoms with Crippen molar-refractivity contribution in [3.8, 4) is 0 Å². The number of rotatable bonds is 7. The summed E-state index contributed by atoms with van der Waals surface area (Å²) in [6.07, 6.45) is 9.26. The monoisotopic (exact) mass is 300 g/mol. The van der Waals surface area contributed by atoms with Crippen LogP contribution in [0.2, 0.25) is 0 Å². The first-order valence-corrected chi connectivity index (χ1v) is 8.10. The van der Waals surface area contributed by atoms with Crippen molar-refractivity contribution in [3.63, 3.8) is 0 Å². The van der Waals surface area contributed by atoms with Gasteiger partial charge in [-0.2, -0.15) is 0 Å². The second-order valence-corrected chi connectivity index (χ2v) is 6.05. The maximum Gasteiger partial charge on any atom is 0.303 e. The number of carboxylic acids is 1. The zero-order chi connectivity index (χ0) is 15.8. The van der Waals surface area contributed by atoms with Crippen molar-refractivity contribution in [2.24, 2.45) is 5.92 Å². The summed E-state index contributed by atoms with van der Waals surface area (Å²) in [5.74, 6) is 0.473. The average molecular weight is 300 g/mol. The highest BCUT2D eigenvalue weighted by atomic mass is 16.4. The summed E-state index contributed by atoms with van der Waals surface area (Å²) in [7, 11) is 0.